The van der Waals surface area contributed by atoms with Gasteiger partial charge in [-0.25, -0.2) is 4.98 Å². The Morgan fingerprint density at radius 3 is 3.21 bits per heavy atom. The first-order valence-electron chi connectivity index (χ1n) is 5.01. The van der Waals surface area contributed by atoms with Gasteiger partial charge in [0.1, 0.15) is 0 Å². The van der Waals surface area contributed by atoms with Crippen molar-refractivity contribution in [3.8, 4) is 0 Å². The first kappa shape index (κ1) is 10.4. The molecule has 78 valence electrons. The summed E-state index contributed by atoms with van der Waals surface area (Å²) in [6.07, 6.45) is 2.38. The molecule has 1 atom stereocenters. The Balaban J connectivity index is 1.90. The normalized spacial score (nSPS) is 24.0. The van der Waals surface area contributed by atoms with Crippen LogP contribution < -0.4 is 0 Å². The first-order chi connectivity index (χ1) is 6.74. The summed E-state index contributed by atoms with van der Waals surface area (Å²) >= 11 is 7.85. The van der Waals surface area contributed by atoms with Crippen LogP contribution >= 0.6 is 22.9 Å². The van der Waals surface area contributed by atoms with E-state index in [1.54, 1.807) is 11.3 Å². The Hall–Kier alpha value is -0.120. The van der Waals surface area contributed by atoms with E-state index in [1.807, 2.05) is 0 Å². The predicted molar refractivity (Wildman–Crippen MR) is 61.0 cm³/mol. The summed E-state index contributed by atoms with van der Waals surface area (Å²) < 4.78 is 0. The number of alkyl halides is 1. The lowest BCUT2D eigenvalue weighted by Gasteiger charge is -2.28. The van der Waals surface area contributed by atoms with Crippen LogP contribution in [0.5, 0.6) is 0 Å². The minimum atomic E-state index is 0.337. The van der Waals surface area contributed by atoms with E-state index in [1.165, 1.54) is 18.7 Å². The molecule has 1 unspecified atom stereocenters. The standard InChI is InChI=1S/C10H15ClN2S/c1-8-12-10(7-14-8)6-13-4-2-3-9(11)5-13/h7,9H,2-6H2,1H3. The molecule has 1 aliphatic heterocycles. The third-order valence-electron chi connectivity index (χ3n) is 2.50. The molecule has 0 radical (unpaired) electrons. The van der Waals surface area contributed by atoms with E-state index in [0.29, 0.717) is 5.38 Å². The molecule has 0 N–H and O–H groups in total. The lowest BCUT2D eigenvalue weighted by atomic mass is 10.1. The molecular formula is C10H15ClN2S. The van der Waals surface area contributed by atoms with Crippen molar-refractivity contribution in [2.75, 3.05) is 13.1 Å². The van der Waals surface area contributed by atoms with Crippen LogP contribution in [0.25, 0.3) is 0 Å². The van der Waals surface area contributed by atoms with Gasteiger partial charge in [0.25, 0.3) is 0 Å². The Kier molecular flexibility index (Phi) is 3.42. The number of aryl methyl sites for hydroxylation is 1. The number of aromatic nitrogens is 1. The van der Waals surface area contributed by atoms with Crippen LogP contribution in [0.15, 0.2) is 5.38 Å². The third kappa shape index (κ3) is 2.69. The molecule has 4 heteroatoms. The van der Waals surface area contributed by atoms with Crippen molar-refractivity contribution in [3.63, 3.8) is 0 Å². The van der Waals surface area contributed by atoms with Gasteiger partial charge in [-0.15, -0.1) is 22.9 Å². The molecule has 0 aromatic carbocycles. The summed E-state index contributed by atoms with van der Waals surface area (Å²) in [5.41, 5.74) is 1.19. The summed E-state index contributed by atoms with van der Waals surface area (Å²) in [6, 6.07) is 0. The summed E-state index contributed by atoms with van der Waals surface area (Å²) in [5.74, 6) is 0. The SMILES string of the molecule is Cc1nc(CN2CCCC(Cl)C2)cs1. The van der Waals surface area contributed by atoms with Crippen molar-refractivity contribution >= 4 is 22.9 Å². The minimum Gasteiger partial charge on any atom is -0.296 e. The van der Waals surface area contributed by atoms with Gasteiger partial charge in [-0.05, 0) is 26.3 Å². The summed E-state index contributed by atoms with van der Waals surface area (Å²) in [6.45, 7) is 5.19. The molecule has 1 aliphatic rings. The van der Waals surface area contributed by atoms with E-state index in [-0.39, 0.29) is 0 Å². The van der Waals surface area contributed by atoms with Crippen LogP contribution in [0.2, 0.25) is 0 Å². The summed E-state index contributed by atoms with van der Waals surface area (Å²) in [7, 11) is 0. The van der Waals surface area contributed by atoms with Crippen molar-refractivity contribution < 1.29 is 0 Å². The van der Waals surface area contributed by atoms with Crippen molar-refractivity contribution in [1.82, 2.24) is 9.88 Å². The van der Waals surface area contributed by atoms with Crippen molar-refractivity contribution in [2.45, 2.75) is 31.7 Å². The average molecular weight is 231 g/mol. The average Bonchev–Trinajstić information content (AvgIpc) is 2.51. The molecule has 0 bridgehead atoms. The fraction of sp³-hybridized carbons (Fsp3) is 0.700. The molecule has 2 nitrogen and oxygen atoms in total. The van der Waals surface area contributed by atoms with Crippen molar-refractivity contribution in [2.24, 2.45) is 0 Å². The molecular weight excluding hydrogens is 216 g/mol. The zero-order chi connectivity index (χ0) is 9.97. The second-order valence-corrected chi connectivity index (χ2v) is 5.51. The highest BCUT2D eigenvalue weighted by molar-refractivity contribution is 7.09. The first-order valence-corrected chi connectivity index (χ1v) is 6.33. The molecule has 0 aliphatic carbocycles. The number of piperidine rings is 1. The molecule has 2 rings (SSSR count). The van der Waals surface area contributed by atoms with Gasteiger partial charge < -0.3 is 0 Å². The van der Waals surface area contributed by atoms with E-state index >= 15 is 0 Å². The fourth-order valence-electron chi connectivity index (χ4n) is 1.85. The maximum atomic E-state index is 6.12. The number of likely N-dealkylation sites (tertiary alicyclic amines) is 1. The van der Waals surface area contributed by atoms with Gasteiger partial charge in [-0.3, -0.25) is 4.90 Å². The fourth-order valence-corrected chi connectivity index (χ4v) is 2.81. The Bertz CT molecular complexity index is 300. The maximum Gasteiger partial charge on any atom is 0.0897 e. The Morgan fingerprint density at radius 1 is 1.71 bits per heavy atom. The van der Waals surface area contributed by atoms with Gasteiger partial charge >= 0.3 is 0 Å². The van der Waals surface area contributed by atoms with E-state index in [0.717, 1.165) is 24.5 Å². The van der Waals surface area contributed by atoms with Crippen LogP contribution in [-0.4, -0.2) is 28.4 Å². The molecule has 14 heavy (non-hydrogen) atoms. The molecule has 0 spiro atoms. The van der Waals surface area contributed by atoms with Crippen LogP contribution in [0.1, 0.15) is 23.5 Å². The topological polar surface area (TPSA) is 16.1 Å². The highest BCUT2D eigenvalue weighted by Crippen LogP contribution is 2.18. The highest BCUT2D eigenvalue weighted by atomic mass is 35.5. The number of hydrogen-bond donors (Lipinski definition) is 0. The van der Waals surface area contributed by atoms with E-state index < -0.39 is 0 Å². The zero-order valence-electron chi connectivity index (χ0n) is 8.37. The van der Waals surface area contributed by atoms with E-state index in [4.69, 9.17) is 11.6 Å². The van der Waals surface area contributed by atoms with Crippen molar-refractivity contribution in [1.29, 1.82) is 0 Å². The lowest BCUT2D eigenvalue weighted by Crippen LogP contribution is -2.35. The third-order valence-corrected chi connectivity index (χ3v) is 3.68. The number of rotatable bonds is 2. The van der Waals surface area contributed by atoms with Gasteiger partial charge in [0.2, 0.25) is 0 Å². The van der Waals surface area contributed by atoms with Crippen LogP contribution in [-0.2, 0) is 6.54 Å². The van der Waals surface area contributed by atoms with E-state index in [2.05, 4.69) is 22.2 Å². The molecule has 0 saturated carbocycles. The smallest absolute Gasteiger partial charge is 0.0897 e. The molecule has 1 saturated heterocycles. The number of halogens is 1. The van der Waals surface area contributed by atoms with Crippen molar-refractivity contribution in [3.05, 3.63) is 16.1 Å². The molecule has 1 aromatic rings. The van der Waals surface area contributed by atoms with Gasteiger partial charge in [0.05, 0.1) is 10.7 Å². The second-order valence-electron chi connectivity index (χ2n) is 3.83. The second kappa shape index (κ2) is 4.60. The molecule has 1 aromatic heterocycles. The van der Waals surface area contributed by atoms with E-state index in [9.17, 15) is 0 Å². The van der Waals surface area contributed by atoms with Crippen LogP contribution in [0, 0.1) is 6.92 Å². The maximum absolute atomic E-state index is 6.12. The molecule has 0 amide bonds. The summed E-state index contributed by atoms with van der Waals surface area (Å²) in [5, 5.41) is 3.63. The van der Waals surface area contributed by atoms with Crippen LogP contribution in [0.4, 0.5) is 0 Å². The number of hydrogen-bond acceptors (Lipinski definition) is 3. The number of thiazole rings is 1. The zero-order valence-corrected chi connectivity index (χ0v) is 9.94. The minimum absolute atomic E-state index is 0.337. The highest BCUT2D eigenvalue weighted by Gasteiger charge is 2.18. The van der Waals surface area contributed by atoms with Crippen LogP contribution in [0.3, 0.4) is 0 Å². The molecule has 1 fully saturated rings. The monoisotopic (exact) mass is 230 g/mol. The Morgan fingerprint density at radius 2 is 2.57 bits per heavy atom. The summed E-state index contributed by atoms with van der Waals surface area (Å²) in [4.78, 5) is 6.86. The largest absolute Gasteiger partial charge is 0.296 e. The van der Waals surface area contributed by atoms with Gasteiger partial charge in [0, 0.05) is 23.8 Å². The lowest BCUT2D eigenvalue weighted by molar-refractivity contribution is 0.222. The van der Waals surface area contributed by atoms with Gasteiger partial charge in [-0.1, -0.05) is 0 Å². The number of nitrogens with zero attached hydrogens (tertiary/aromatic N) is 2. The molecule has 2 heterocycles. The predicted octanol–water partition coefficient (Wildman–Crippen LogP) is 2.65. The van der Waals surface area contributed by atoms with Gasteiger partial charge in [0.15, 0.2) is 0 Å². The quantitative estimate of drug-likeness (QED) is 0.727. The van der Waals surface area contributed by atoms with Gasteiger partial charge in [-0.2, -0.15) is 0 Å². The Labute approximate surface area is 93.9 Å².